The second kappa shape index (κ2) is 9.70. The molecule has 1 aliphatic carbocycles. The average Bonchev–Trinajstić information content (AvgIpc) is 2.40. The van der Waals surface area contributed by atoms with Gasteiger partial charge in [0.05, 0.1) is 0 Å². The lowest BCUT2D eigenvalue weighted by Gasteiger charge is -2.22. The standard InChI is InChI=1S/C17H32BrNO2/c1-17(2,3)21-16(20)19-13-14-9-5-4-6-11-15(18)12-8-7-10-14/h14-15H,4-13H2,1-3H3,(H,19,20). The number of carbonyl (C=O) groups is 1. The fourth-order valence-electron chi connectivity index (χ4n) is 2.81. The molecule has 1 aliphatic rings. The predicted molar refractivity (Wildman–Crippen MR) is 92.0 cm³/mol. The fourth-order valence-corrected chi connectivity index (χ4v) is 3.46. The molecule has 2 unspecified atom stereocenters. The summed E-state index contributed by atoms with van der Waals surface area (Å²) < 4.78 is 5.31. The molecule has 3 nitrogen and oxygen atoms in total. The number of hydrogen-bond acceptors (Lipinski definition) is 2. The van der Waals surface area contributed by atoms with Crippen molar-refractivity contribution in [3.63, 3.8) is 0 Å². The normalized spacial score (nSPS) is 25.7. The number of hydrogen-bond donors (Lipinski definition) is 1. The number of nitrogens with one attached hydrogen (secondary N) is 1. The molecule has 0 saturated heterocycles. The monoisotopic (exact) mass is 361 g/mol. The largest absolute Gasteiger partial charge is 0.444 e. The van der Waals surface area contributed by atoms with Gasteiger partial charge in [-0.25, -0.2) is 4.79 Å². The van der Waals surface area contributed by atoms with E-state index in [1.807, 2.05) is 20.8 Å². The molecular weight excluding hydrogens is 330 g/mol. The van der Waals surface area contributed by atoms with E-state index in [1.54, 1.807) is 0 Å². The third-order valence-electron chi connectivity index (χ3n) is 3.94. The fraction of sp³-hybridized carbons (Fsp3) is 0.941. The molecule has 1 fully saturated rings. The molecule has 4 heteroatoms. The molecule has 0 spiro atoms. The summed E-state index contributed by atoms with van der Waals surface area (Å²) in [5.74, 6) is 0.601. The van der Waals surface area contributed by atoms with Crippen molar-refractivity contribution in [2.45, 2.75) is 89.0 Å². The lowest BCUT2D eigenvalue weighted by Crippen LogP contribution is -2.35. The van der Waals surface area contributed by atoms with Crippen molar-refractivity contribution in [2.75, 3.05) is 6.54 Å². The minimum Gasteiger partial charge on any atom is -0.444 e. The van der Waals surface area contributed by atoms with Gasteiger partial charge in [0.1, 0.15) is 5.60 Å². The van der Waals surface area contributed by atoms with Crippen LogP contribution in [0.5, 0.6) is 0 Å². The minimum atomic E-state index is -0.413. The van der Waals surface area contributed by atoms with Crippen LogP contribution in [0.3, 0.4) is 0 Å². The Morgan fingerprint density at radius 2 is 1.57 bits per heavy atom. The van der Waals surface area contributed by atoms with Gasteiger partial charge in [-0.2, -0.15) is 0 Å². The highest BCUT2D eigenvalue weighted by Crippen LogP contribution is 2.24. The molecule has 0 aromatic heterocycles. The van der Waals surface area contributed by atoms with Crippen LogP contribution in [0.15, 0.2) is 0 Å². The van der Waals surface area contributed by atoms with Gasteiger partial charge in [0, 0.05) is 11.4 Å². The lowest BCUT2D eigenvalue weighted by atomic mass is 9.95. The lowest BCUT2D eigenvalue weighted by molar-refractivity contribution is 0.0517. The third kappa shape index (κ3) is 10.2. The van der Waals surface area contributed by atoms with Crippen LogP contribution in [0.1, 0.15) is 78.6 Å². The topological polar surface area (TPSA) is 38.3 Å². The van der Waals surface area contributed by atoms with Crippen LogP contribution in [-0.2, 0) is 4.74 Å². The van der Waals surface area contributed by atoms with Crippen molar-refractivity contribution in [2.24, 2.45) is 5.92 Å². The van der Waals surface area contributed by atoms with E-state index < -0.39 is 5.60 Å². The summed E-state index contributed by atoms with van der Waals surface area (Å²) in [5.41, 5.74) is -0.413. The molecule has 0 aliphatic heterocycles. The average molecular weight is 362 g/mol. The van der Waals surface area contributed by atoms with Gasteiger partial charge in [0.15, 0.2) is 0 Å². The van der Waals surface area contributed by atoms with Gasteiger partial charge in [-0.05, 0) is 52.4 Å². The number of alkyl carbamates (subject to hydrolysis) is 1. The summed E-state index contributed by atoms with van der Waals surface area (Å²) in [6.45, 7) is 6.45. The van der Waals surface area contributed by atoms with Gasteiger partial charge in [-0.15, -0.1) is 0 Å². The second-order valence-corrected chi connectivity index (χ2v) is 8.56. The SMILES string of the molecule is CC(C)(C)OC(=O)NCC1CCCCCC(Br)CCCC1. The molecule has 0 bridgehead atoms. The number of rotatable bonds is 2. The summed E-state index contributed by atoms with van der Waals surface area (Å²) in [5, 5.41) is 2.95. The molecule has 21 heavy (non-hydrogen) atoms. The smallest absolute Gasteiger partial charge is 0.407 e. The second-order valence-electron chi connectivity index (χ2n) is 7.27. The maximum absolute atomic E-state index is 11.7. The zero-order valence-electron chi connectivity index (χ0n) is 13.9. The first-order valence-corrected chi connectivity index (χ1v) is 9.39. The molecule has 124 valence electrons. The molecule has 0 aromatic carbocycles. The van der Waals surface area contributed by atoms with Crippen LogP contribution in [0.4, 0.5) is 4.79 Å². The van der Waals surface area contributed by atoms with E-state index in [4.69, 9.17) is 4.74 Å². The number of carbonyl (C=O) groups excluding carboxylic acids is 1. The Labute approximate surface area is 138 Å². The summed E-state index contributed by atoms with van der Waals surface area (Å²) in [6.07, 6.45) is 11.2. The predicted octanol–water partition coefficient (Wildman–Crippen LogP) is 5.42. The summed E-state index contributed by atoms with van der Waals surface area (Å²) in [6, 6.07) is 0. The first-order valence-electron chi connectivity index (χ1n) is 8.48. The van der Waals surface area contributed by atoms with Gasteiger partial charge >= 0.3 is 6.09 Å². The Morgan fingerprint density at radius 3 is 2.19 bits per heavy atom. The van der Waals surface area contributed by atoms with Crippen LogP contribution in [0, 0.1) is 5.92 Å². The third-order valence-corrected chi connectivity index (χ3v) is 4.86. The number of alkyl halides is 1. The van der Waals surface area contributed by atoms with Crippen molar-refractivity contribution in [3.05, 3.63) is 0 Å². The molecule has 0 heterocycles. The summed E-state index contributed by atoms with van der Waals surface area (Å²) >= 11 is 3.78. The Kier molecular flexibility index (Phi) is 8.69. The van der Waals surface area contributed by atoms with Crippen LogP contribution in [-0.4, -0.2) is 23.1 Å². The van der Waals surface area contributed by atoms with Gasteiger partial charge in [-0.1, -0.05) is 48.0 Å². The molecule has 0 radical (unpaired) electrons. The summed E-state index contributed by atoms with van der Waals surface area (Å²) in [7, 11) is 0. The van der Waals surface area contributed by atoms with Gasteiger partial charge < -0.3 is 10.1 Å². The molecule has 0 aromatic rings. The van der Waals surface area contributed by atoms with E-state index in [9.17, 15) is 4.79 Å². The highest BCUT2D eigenvalue weighted by atomic mass is 79.9. The Hall–Kier alpha value is -0.250. The zero-order chi connectivity index (χ0) is 15.7. The van der Waals surface area contributed by atoms with Crippen LogP contribution in [0.2, 0.25) is 0 Å². The quantitative estimate of drug-likeness (QED) is 0.667. The molecule has 1 amide bonds. The van der Waals surface area contributed by atoms with Crippen molar-refractivity contribution in [1.82, 2.24) is 5.32 Å². The van der Waals surface area contributed by atoms with Crippen molar-refractivity contribution < 1.29 is 9.53 Å². The van der Waals surface area contributed by atoms with Crippen LogP contribution >= 0.6 is 15.9 Å². The van der Waals surface area contributed by atoms with E-state index in [-0.39, 0.29) is 6.09 Å². The molecule has 2 atom stereocenters. The van der Waals surface area contributed by atoms with E-state index in [0.29, 0.717) is 10.7 Å². The summed E-state index contributed by atoms with van der Waals surface area (Å²) in [4.78, 5) is 12.4. The van der Waals surface area contributed by atoms with Crippen LogP contribution < -0.4 is 5.32 Å². The van der Waals surface area contributed by atoms with Gasteiger partial charge in [0.25, 0.3) is 0 Å². The van der Waals surface area contributed by atoms with Gasteiger partial charge in [0.2, 0.25) is 0 Å². The van der Waals surface area contributed by atoms with Crippen molar-refractivity contribution in [1.29, 1.82) is 0 Å². The molecule has 1 saturated carbocycles. The highest BCUT2D eigenvalue weighted by molar-refractivity contribution is 9.09. The highest BCUT2D eigenvalue weighted by Gasteiger charge is 2.18. The van der Waals surface area contributed by atoms with E-state index in [0.717, 1.165) is 6.54 Å². The van der Waals surface area contributed by atoms with Crippen molar-refractivity contribution >= 4 is 22.0 Å². The van der Waals surface area contributed by atoms with Gasteiger partial charge in [-0.3, -0.25) is 0 Å². The first-order chi connectivity index (χ1) is 9.87. The van der Waals surface area contributed by atoms with Crippen molar-refractivity contribution in [3.8, 4) is 0 Å². The maximum atomic E-state index is 11.7. The zero-order valence-corrected chi connectivity index (χ0v) is 15.5. The van der Waals surface area contributed by atoms with E-state index in [2.05, 4.69) is 21.2 Å². The Bertz CT molecular complexity index is 302. The van der Waals surface area contributed by atoms with E-state index >= 15 is 0 Å². The maximum Gasteiger partial charge on any atom is 0.407 e. The van der Waals surface area contributed by atoms with E-state index in [1.165, 1.54) is 57.8 Å². The number of halogens is 1. The molecule has 1 N–H and O–H groups in total. The first kappa shape index (κ1) is 18.8. The molecule has 1 rings (SSSR count). The Morgan fingerprint density at radius 1 is 1.05 bits per heavy atom. The number of ether oxygens (including phenoxy) is 1. The van der Waals surface area contributed by atoms with Crippen LogP contribution in [0.25, 0.3) is 0 Å². The Balaban J connectivity index is 2.32. The number of amides is 1. The minimum absolute atomic E-state index is 0.280. The molecular formula is C17H32BrNO2.